The SMILES string of the molecule is CC1=NC(/C=C(\C)C=O)CS1. The van der Waals surface area contributed by atoms with E-state index in [4.69, 9.17) is 0 Å². The van der Waals surface area contributed by atoms with Crippen LogP contribution in [0.1, 0.15) is 13.8 Å². The Morgan fingerprint density at radius 1 is 1.82 bits per heavy atom. The summed E-state index contributed by atoms with van der Waals surface area (Å²) < 4.78 is 0. The second-order valence-electron chi connectivity index (χ2n) is 2.56. The van der Waals surface area contributed by atoms with Gasteiger partial charge in [0.1, 0.15) is 6.29 Å². The molecule has 1 rings (SSSR count). The summed E-state index contributed by atoms with van der Waals surface area (Å²) in [6.45, 7) is 3.80. The molecule has 11 heavy (non-hydrogen) atoms. The number of carbonyl (C=O) groups excluding carboxylic acids is 1. The zero-order valence-corrected chi connectivity index (χ0v) is 7.52. The number of allylic oxidation sites excluding steroid dienone is 1. The number of carbonyl (C=O) groups is 1. The van der Waals surface area contributed by atoms with Crippen LogP contribution in [0.2, 0.25) is 0 Å². The molecule has 3 heteroatoms. The molecule has 1 heterocycles. The zero-order valence-electron chi connectivity index (χ0n) is 6.70. The summed E-state index contributed by atoms with van der Waals surface area (Å²) in [4.78, 5) is 14.6. The number of thioether (sulfide) groups is 1. The first-order valence-corrected chi connectivity index (χ1v) is 4.51. The van der Waals surface area contributed by atoms with Crippen LogP contribution in [0.25, 0.3) is 0 Å². The molecule has 1 aliphatic heterocycles. The van der Waals surface area contributed by atoms with Crippen molar-refractivity contribution >= 4 is 23.1 Å². The molecule has 0 amide bonds. The van der Waals surface area contributed by atoms with E-state index in [1.54, 1.807) is 18.7 Å². The topological polar surface area (TPSA) is 29.4 Å². The summed E-state index contributed by atoms with van der Waals surface area (Å²) in [5.41, 5.74) is 0.772. The summed E-state index contributed by atoms with van der Waals surface area (Å²) in [5, 5.41) is 1.12. The maximum atomic E-state index is 10.3. The molecule has 0 aromatic carbocycles. The van der Waals surface area contributed by atoms with Crippen LogP contribution in [-0.4, -0.2) is 23.1 Å². The number of aldehydes is 1. The van der Waals surface area contributed by atoms with Crippen LogP contribution in [0.3, 0.4) is 0 Å². The Balaban J connectivity index is 2.58. The standard InChI is InChI=1S/C8H11NOS/c1-6(4-10)3-8-5-11-7(2)9-8/h3-4,8H,5H2,1-2H3/b6-3+. The van der Waals surface area contributed by atoms with Gasteiger partial charge < -0.3 is 0 Å². The van der Waals surface area contributed by atoms with E-state index in [-0.39, 0.29) is 6.04 Å². The highest BCUT2D eigenvalue weighted by molar-refractivity contribution is 8.14. The van der Waals surface area contributed by atoms with Crippen LogP contribution in [0, 0.1) is 0 Å². The first-order chi connectivity index (χ1) is 5.22. The minimum Gasteiger partial charge on any atom is -0.298 e. The highest BCUT2D eigenvalue weighted by Gasteiger charge is 2.12. The summed E-state index contributed by atoms with van der Waals surface area (Å²) in [7, 11) is 0. The molecular formula is C8H11NOS. The van der Waals surface area contributed by atoms with Gasteiger partial charge in [0.2, 0.25) is 0 Å². The van der Waals surface area contributed by atoms with Crippen molar-refractivity contribution in [3.8, 4) is 0 Å². The van der Waals surface area contributed by atoms with Gasteiger partial charge in [0, 0.05) is 5.75 Å². The van der Waals surface area contributed by atoms with Crippen molar-refractivity contribution in [1.82, 2.24) is 0 Å². The van der Waals surface area contributed by atoms with Crippen molar-refractivity contribution in [2.45, 2.75) is 19.9 Å². The molecule has 1 atom stereocenters. The van der Waals surface area contributed by atoms with Crippen LogP contribution in [0.15, 0.2) is 16.6 Å². The lowest BCUT2D eigenvalue weighted by Crippen LogP contribution is -1.99. The van der Waals surface area contributed by atoms with Gasteiger partial charge in [-0.1, -0.05) is 6.08 Å². The number of hydrogen-bond acceptors (Lipinski definition) is 3. The summed E-state index contributed by atoms with van der Waals surface area (Å²) in [6, 6.07) is 0.227. The average Bonchev–Trinajstić information content (AvgIpc) is 2.35. The van der Waals surface area contributed by atoms with Crippen LogP contribution < -0.4 is 0 Å². The lowest BCUT2D eigenvalue weighted by atomic mass is 10.2. The minimum absolute atomic E-state index is 0.227. The van der Waals surface area contributed by atoms with Gasteiger partial charge in [-0.3, -0.25) is 9.79 Å². The fraction of sp³-hybridized carbons (Fsp3) is 0.500. The average molecular weight is 169 g/mol. The number of hydrogen-bond donors (Lipinski definition) is 0. The van der Waals surface area contributed by atoms with Gasteiger partial charge in [0.25, 0.3) is 0 Å². The number of rotatable bonds is 2. The van der Waals surface area contributed by atoms with Gasteiger partial charge in [-0.2, -0.15) is 0 Å². The van der Waals surface area contributed by atoms with E-state index in [1.165, 1.54) is 0 Å². The lowest BCUT2D eigenvalue weighted by Gasteiger charge is -1.96. The fourth-order valence-corrected chi connectivity index (χ4v) is 1.73. The monoisotopic (exact) mass is 169 g/mol. The molecule has 0 bridgehead atoms. The third-order valence-corrected chi connectivity index (χ3v) is 2.48. The largest absolute Gasteiger partial charge is 0.298 e. The maximum absolute atomic E-state index is 10.3. The second-order valence-corrected chi connectivity index (χ2v) is 3.77. The van der Waals surface area contributed by atoms with Crippen LogP contribution >= 0.6 is 11.8 Å². The Kier molecular flexibility index (Phi) is 2.88. The van der Waals surface area contributed by atoms with Gasteiger partial charge in [-0.15, -0.1) is 11.8 Å². The minimum atomic E-state index is 0.227. The second kappa shape index (κ2) is 3.72. The number of aliphatic imine (C=N–C) groups is 1. The predicted molar refractivity (Wildman–Crippen MR) is 49.2 cm³/mol. The van der Waals surface area contributed by atoms with Gasteiger partial charge >= 0.3 is 0 Å². The number of nitrogens with zero attached hydrogens (tertiary/aromatic N) is 1. The normalized spacial score (nSPS) is 25.1. The first kappa shape index (κ1) is 8.53. The van der Waals surface area contributed by atoms with Crippen molar-refractivity contribution in [1.29, 1.82) is 0 Å². The van der Waals surface area contributed by atoms with Gasteiger partial charge in [0.15, 0.2) is 0 Å². The van der Waals surface area contributed by atoms with Gasteiger partial charge in [0.05, 0.1) is 11.1 Å². The third kappa shape index (κ3) is 2.50. The molecule has 1 unspecified atom stereocenters. The molecule has 0 saturated carbocycles. The summed E-state index contributed by atoms with van der Waals surface area (Å²) in [5.74, 6) is 0.983. The van der Waals surface area contributed by atoms with E-state index in [0.29, 0.717) is 0 Å². The lowest BCUT2D eigenvalue weighted by molar-refractivity contribution is -0.104. The van der Waals surface area contributed by atoms with Crippen molar-refractivity contribution in [3.63, 3.8) is 0 Å². The van der Waals surface area contributed by atoms with E-state index in [9.17, 15) is 4.79 Å². The van der Waals surface area contributed by atoms with E-state index < -0.39 is 0 Å². The van der Waals surface area contributed by atoms with E-state index in [0.717, 1.165) is 22.7 Å². The Morgan fingerprint density at radius 2 is 2.55 bits per heavy atom. The molecule has 1 aliphatic rings. The highest BCUT2D eigenvalue weighted by atomic mass is 32.2. The third-order valence-electron chi connectivity index (χ3n) is 1.45. The summed E-state index contributed by atoms with van der Waals surface area (Å²) in [6.07, 6.45) is 2.78. The molecule has 2 nitrogen and oxygen atoms in total. The Bertz CT molecular complexity index is 220. The van der Waals surface area contributed by atoms with Crippen molar-refractivity contribution in [2.24, 2.45) is 4.99 Å². The fourth-order valence-electron chi connectivity index (χ4n) is 0.942. The quantitative estimate of drug-likeness (QED) is 0.465. The zero-order chi connectivity index (χ0) is 8.27. The molecule has 0 N–H and O–H groups in total. The highest BCUT2D eigenvalue weighted by Crippen LogP contribution is 2.18. The smallest absolute Gasteiger partial charge is 0.145 e. The Labute approximate surface area is 70.8 Å². The molecular weight excluding hydrogens is 158 g/mol. The van der Waals surface area contributed by atoms with Crippen LogP contribution in [0.5, 0.6) is 0 Å². The van der Waals surface area contributed by atoms with Crippen molar-refractivity contribution in [2.75, 3.05) is 5.75 Å². The molecule has 0 aromatic heterocycles. The van der Waals surface area contributed by atoms with E-state index in [2.05, 4.69) is 4.99 Å². The summed E-state index contributed by atoms with van der Waals surface area (Å²) >= 11 is 1.75. The molecule has 0 spiro atoms. The van der Waals surface area contributed by atoms with Gasteiger partial charge in [-0.25, -0.2) is 0 Å². The van der Waals surface area contributed by atoms with Crippen molar-refractivity contribution < 1.29 is 4.79 Å². The van der Waals surface area contributed by atoms with Crippen molar-refractivity contribution in [3.05, 3.63) is 11.6 Å². The van der Waals surface area contributed by atoms with Crippen LogP contribution in [-0.2, 0) is 4.79 Å². The van der Waals surface area contributed by atoms with E-state index >= 15 is 0 Å². The molecule has 0 fully saturated rings. The molecule has 0 radical (unpaired) electrons. The predicted octanol–water partition coefficient (Wildman–Crippen LogP) is 1.67. The Hall–Kier alpha value is -0.570. The van der Waals surface area contributed by atoms with Gasteiger partial charge in [-0.05, 0) is 19.4 Å². The molecule has 0 aromatic rings. The van der Waals surface area contributed by atoms with E-state index in [1.807, 2.05) is 13.0 Å². The molecule has 60 valence electrons. The first-order valence-electron chi connectivity index (χ1n) is 3.53. The molecule has 0 saturated heterocycles. The molecule has 0 aliphatic carbocycles. The van der Waals surface area contributed by atoms with Crippen LogP contribution in [0.4, 0.5) is 0 Å². The Morgan fingerprint density at radius 3 is 3.00 bits per heavy atom. The maximum Gasteiger partial charge on any atom is 0.145 e.